The number of ether oxygens (including phenoxy) is 1. The maximum atomic E-state index is 13.4. The van der Waals surface area contributed by atoms with Crippen LogP contribution >= 0.6 is 0 Å². The van der Waals surface area contributed by atoms with Crippen LogP contribution in [0.25, 0.3) is 11.1 Å². The third-order valence-corrected chi connectivity index (χ3v) is 5.02. The van der Waals surface area contributed by atoms with Gasteiger partial charge in [0.25, 0.3) is 5.91 Å². The van der Waals surface area contributed by atoms with Crippen molar-refractivity contribution in [3.05, 3.63) is 60.0 Å². The number of amides is 1. The van der Waals surface area contributed by atoms with Gasteiger partial charge in [0, 0.05) is 30.1 Å². The Balaban J connectivity index is 1.71. The van der Waals surface area contributed by atoms with Crippen LogP contribution < -0.4 is 9.64 Å². The molecule has 0 saturated carbocycles. The first kappa shape index (κ1) is 20.9. The summed E-state index contributed by atoms with van der Waals surface area (Å²) in [5.74, 6) is 0.108. The number of nitrogens with zero attached hydrogens (tertiary/aromatic N) is 4. The van der Waals surface area contributed by atoms with Crippen LogP contribution in [0, 0.1) is 0 Å². The van der Waals surface area contributed by atoms with E-state index in [1.54, 1.807) is 29.2 Å². The molecule has 0 bridgehead atoms. The Hall–Kier alpha value is -3.36. The van der Waals surface area contributed by atoms with Gasteiger partial charge in [-0.3, -0.25) is 9.48 Å². The molecule has 1 atom stereocenters. The summed E-state index contributed by atoms with van der Waals surface area (Å²) in [6.07, 6.45) is -1.27. The van der Waals surface area contributed by atoms with Crippen molar-refractivity contribution in [2.24, 2.45) is 0 Å². The van der Waals surface area contributed by atoms with E-state index in [2.05, 4.69) is 10.1 Å². The van der Waals surface area contributed by atoms with Crippen LogP contribution in [-0.2, 0) is 6.18 Å². The van der Waals surface area contributed by atoms with Crippen LogP contribution in [0.2, 0.25) is 0 Å². The van der Waals surface area contributed by atoms with Crippen LogP contribution in [0.3, 0.4) is 0 Å². The summed E-state index contributed by atoms with van der Waals surface area (Å²) in [6, 6.07) is 7.96. The van der Waals surface area contributed by atoms with Crippen molar-refractivity contribution in [3.63, 3.8) is 0 Å². The highest BCUT2D eigenvalue weighted by Gasteiger charge is 2.35. The predicted molar refractivity (Wildman–Crippen MR) is 109 cm³/mol. The van der Waals surface area contributed by atoms with Crippen LogP contribution in [0.1, 0.15) is 42.9 Å². The molecule has 31 heavy (non-hydrogen) atoms. The van der Waals surface area contributed by atoms with E-state index in [9.17, 15) is 18.0 Å². The normalized spacial score (nSPS) is 16.5. The fourth-order valence-corrected chi connectivity index (χ4v) is 3.61. The van der Waals surface area contributed by atoms with E-state index in [1.807, 2.05) is 20.8 Å². The summed E-state index contributed by atoms with van der Waals surface area (Å²) < 4.78 is 46.0. The monoisotopic (exact) mass is 430 g/mol. The summed E-state index contributed by atoms with van der Waals surface area (Å²) in [6.45, 7) is 5.99. The predicted octanol–water partition coefficient (Wildman–Crippen LogP) is 4.97. The molecule has 0 saturated heterocycles. The van der Waals surface area contributed by atoms with Crippen molar-refractivity contribution in [2.45, 2.75) is 39.1 Å². The average molecular weight is 430 g/mol. The molecule has 1 amide bonds. The van der Waals surface area contributed by atoms with Gasteiger partial charge in [-0.1, -0.05) is 0 Å². The molecule has 1 aromatic carbocycles. The smallest absolute Gasteiger partial charge is 0.416 e. The second-order valence-electron chi connectivity index (χ2n) is 7.71. The molecule has 4 rings (SSSR count). The fraction of sp³-hybridized carbons (Fsp3) is 0.318. The number of carbonyl (C=O) groups is 1. The van der Waals surface area contributed by atoms with Gasteiger partial charge in [-0.2, -0.15) is 18.3 Å². The Labute approximate surface area is 177 Å². The number of halogens is 3. The lowest BCUT2D eigenvalue weighted by molar-refractivity contribution is -0.137. The summed E-state index contributed by atoms with van der Waals surface area (Å²) in [7, 11) is 0. The van der Waals surface area contributed by atoms with Gasteiger partial charge in [0.05, 0.1) is 23.9 Å². The Bertz CT molecular complexity index is 1110. The molecule has 0 N–H and O–H groups in total. The topological polar surface area (TPSA) is 60.3 Å². The molecule has 0 fully saturated rings. The summed E-state index contributed by atoms with van der Waals surface area (Å²) in [5, 5.41) is 4.39. The van der Waals surface area contributed by atoms with E-state index in [1.165, 1.54) is 17.0 Å². The lowest BCUT2D eigenvalue weighted by Crippen LogP contribution is -2.42. The second kappa shape index (κ2) is 7.72. The van der Waals surface area contributed by atoms with Crippen molar-refractivity contribution < 1.29 is 22.7 Å². The Morgan fingerprint density at radius 1 is 1.16 bits per heavy atom. The Morgan fingerprint density at radius 3 is 2.52 bits per heavy atom. The van der Waals surface area contributed by atoms with E-state index >= 15 is 0 Å². The Kier molecular flexibility index (Phi) is 5.20. The molecule has 3 aromatic rings. The average Bonchev–Trinajstić information content (AvgIpc) is 3.16. The molecule has 2 aromatic heterocycles. The molecule has 9 heteroatoms. The zero-order chi connectivity index (χ0) is 22.3. The van der Waals surface area contributed by atoms with Crippen LogP contribution in [0.4, 0.5) is 18.9 Å². The van der Waals surface area contributed by atoms with Gasteiger partial charge in [-0.15, -0.1) is 0 Å². The van der Waals surface area contributed by atoms with Gasteiger partial charge >= 0.3 is 6.18 Å². The van der Waals surface area contributed by atoms with Crippen LogP contribution in [0.15, 0.2) is 48.8 Å². The number of benzene rings is 1. The standard InChI is InChI=1S/C22H21F3N4O2/c1-13(2)31-19-10-15(8-9-26-19)18-11-27-29-14(3)12-28(21(30)20(18)29)17-6-4-16(5-7-17)22(23,24)25/h4-11,13-14H,12H2,1-3H3/t14-/m0/s1. The number of rotatable bonds is 4. The zero-order valence-corrected chi connectivity index (χ0v) is 17.2. The summed E-state index contributed by atoms with van der Waals surface area (Å²) >= 11 is 0. The molecule has 1 aliphatic rings. The first-order valence-corrected chi connectivity index (χ1v) is 9.85. The van der Waals surface area contributed by atoms with E-state index in [0.29, 0.717) is 29.4 Å². The highest BCUT2D eigenvalue weighted by Crippen LogP contribution is 2.35. The van der Waals surface area contributed by atoms with Gasteiger partial charge in [0.1, 0.15) is 5.69 Å². The molecule has 162 valence electrons. The van der Waals surface area contributed by atoms with Crippen molar-refractivity contribution in [2.75, 3.05) is 11.4 Å². The molecule has 0 radical (unpaired) electrons. The van der Waals surface area contributed by atoms with E-state index in [-0.39, 0.29) is 18.1 Å². The summed E-state index contributed by atoms with van der Waals surface area (Å²) in [4.78, 5) is 19.0. The Morgan fingerprint density at radius 2 is 1.87 bits per heavy atom. The third-order valence-electron chi connectivity index (χ3n) is 5.02. The third kappa shape index (κ3) is 3.99. The molecular formula is C22H21F3N4O2. The molecule has 6 nitrogen and oxygen atoms in total. The maximum Gasteiger partial charge on any atom is 0.416 e. The highest BCUT2D eigenvalue weighted by molar-refractivity contribution is 6.09. The SMILES string of the molecule is CC(C)Oc1cc(-c2cnn3c2C(=O)N(c2ccc(C(F)(F)F)cc2)C[C@@H]3C)ccn1. The molecule has 1 aliphatic heterocycles. The van der Waals surface area contributed by atoms with Crippen molar-refractivity contribution >= 4 is 11.6 Å². The molecule has 0 spiro atoms. The van der Waals surface area contributed by atoms with Gasteiger partial charge < -0.3 is 9.64 Å². The number of hydrogen-bond acceptors (Lipinski definition) is 4. The first-order valence-electron chi connectivity index (χ1n) is 9.85. The zero-order valence-electron chi connectivity index (χ0n) is 17.2. The minimum atomic E-state index is -4.43. The van der Waals surface area contributed by atoms with E-state index in [0.717, 1.165) is 17.7 Å². The largest absolute Gasteiger partial charge is 0.475 e. The second-order valence-corrected chi connectivity index (χ2v) is 7.71. The minimum Gasteiger partial charge on any atom is -0.475 e. The van der Waals surface area contributed by atoms with Crippen LogP contribution in [-0.4, -0.2) is 33.3 Å². The van der Waals surface area contributed by atoms with E-state index in [4.69, 9.17) is 4.74 Å². The molecule has 0 aliphatic carbocycles. The van der Waals surface area contributed by atoms with Gasteiger partial charge in [0.15, 0.2) is 0 Å². The summed E-state index contributed by atoms with van der Waals surface area (Å²) in [5.41, 5.74) is 1.36. The van der Waals surface area contributed by atoms with Gasteiger partial charge in [-0.25, -0.2) is 4.98 Å². The quantitative estimate of drug-likeness (QED) is 0.586. The minimum absolute atomic E-state index is 0.0550. The van der Waals surface area contributed by atoms with Crippen LogP contribution in [0.5, 0.6) is 5.88 Å². The first-order chi connectivity index (χ1) is 14.6. The maximum absolute atomic E-state index is 13.4. The van der Waals surface area contributed by atoms with Gasteiger partial charge in [-0.05, 0) is 56.7 Å². The molecule has 3 heterocycles. The van der Waals surface area contributed by atoms with Crippen molar-refractivity contribution in [3.8, 4) is 17.0 Å². The number of pyridine rings is 1. The molecular weight excluding hydrogens is 409 g/mol. The number of carbonyl (C=O) groups excluding carboxylic acids is 1. The van der Waals surface area contributed by atoms with Crippen molar-refractivity contribution in [1.82, 2.24) is 14.8 Å². The number of alkyl halides is 3. The lowest BCUT2D eigenvalue weighted by Gasteiger charge is -2.32. The van der Waals surface area contributed by atoms with Gasteiger partial charge in [0.2, 0.25) is 5.88 Å². The van der Waals surface area contributed by atoms with E-state index < -0.39 is 11.7 Å². The number of fused-ring (bicyclic) bond motifs is 1. The van der Waals surface area contributed by atoms with Crippen molar-refractivity contribution in [1.29, 1.82) is 0 Å². The highest BCUT2D eigenvalue weighted by atomic mass is 19.4. The number of hydrogen-bond donors (Lipinski definition) is 0. The number of aromatic nitrogens is 3. The number of anilines is 1. The fourth-order valence-electron chi connectivity index (χ4n) is 3.61. The lowest BCUT2D eigenvalue weighted by atomic mass is 10.0. The molecule has 0 unspecified atom stereocenters.